The molecule has 1 unspecified atom stereocenters. The van der Waals surface area contributed by atoms with Gasteiger partial charge in [-0.25, -0.2) is 0 Å². The third kappa shape index (κ3) is 2.32. The number of benzene rings is 1. The number of para-hydroxylation sites is 1. The molecule has 1 aliphatic rings. The van der Waals surface area contributed by atoms with Crippen molar-refractivity contribution in [2.45, 2.75) is 31.9 Å². The molecule has 1 aliphatic carbocycles. The first-order valence-corrected chi connectivity index (χ1v) is 5.48. The Kier molecular flexibility index (Phi) is 3.39. The Labute approximate surface area is 93.4 Å². The summed E-state index contributed by atoms with van der Waals surface area (Å²) < 4.78 is 28.9. The first kappa shape index (κ1) is 11.3. The van der Waals surface area contributed by atoms with Gasteiger partial charge >= 0.3 is 6.61 Å². The van der Waals surface area contributed by atoms with Gasteiger partial charge in [-0.1, -0.05) is 24.6 Å². The molecule has 0 saturated heterocycles. The summed E-state index contributed by atoms with van der Waals surface area (Å²) in [4.78, 5) is 0. The molecular weight excluding hydrogens is 212 g/mol. The summed E-state index contributed by atoms with van der Waals surface area (Å²) in [6.45, 7) is -2.80. The average molecular weight is 227 g/mol. The smallest absolute Gasteiger partial charge is 0.387 e. The quantitative estimate of drug-likeness (QED) is 0.857. The van der Waals surface area contributed by atoms with Crippen molar-refractivity contribution in [3.05, 3.63) is 29.8 Å². The van der Waals surface area contributed by atoms with Gasteiger partial charge in [0.2, 0.25) is 0 Å². The zero-order valence-corrected chi connectivity index (χ0v) is 8.90. The van der Waals surface area contributed by atoms with E-state index in [1.165, 1.54) is 6.42 Å². The maximum Gasteiger partial charge on any atom is 0.387 e. The summed E-state index contributed by atoms with van der Waals surface area (Å²) in [6, 6.07) is 6.59. The summed E-state index contributed by atoms with van der Waals surface area (Å²) in [5.41, 5.74) is 6.74. The average Bonchev–Trinajstić information content (AvgIpc) is 2.14. The predicted molar refractivity (Wildman–Crippen MR) is 57.3 cm³/mol. The van der Waals surface area contributed by atoms with Crippen LogP contribution in [0.3, 0.4) is 0 Å². The van der Waals surface area contributed by atoms with Gasteiger partial charge in [-0.15, -0.1) is 0 Å². The van der Waals surface area contributed by atoms with Crippen molar-refractivity contribution in [2.24, 2.45) is 11.7 Å². The molecule has 0 bridgehead atoms. The van der Waals surface area contributed by atoms with Gasteiger partial charge < -0.3 is 10.5 Å². The molecule has 4 heteroatoms. The molecule has 0 spiro atoms. The Morgan fingerprint density at radius 1 is 1.25 bits per heavy atom. The third-order valence-corrected chi connectivity index (χ3v) is 3.15. The summed E-state index contributed by atoms with van der Waals surface area (Å²) in [5.74, 6) is 0.610. The molecule has 16 heavy (non-hydrogen) atoms. The van der Waals surface area contributed by atoms with E-state index in [2.05, 4.69) is 4.74 Å². The van der Waals surface area contributed by atoms with E-state index >= 15 is 0 Å². The second-order valence-electron chi connectivity index (χ2n) is 4.13. The highest BCUT2D eigenvalue weighted by molar-refractivity contribution is 5.36. The molecule has 1 atom stereocenters. The van der Waals surface area contributed by atoms with Gasteiger partial charge in [-0.2, -0.15) is 8.78 Å². The van der Waals surface area contributed by atoms with Crippen molar-refractivity contribution in [3.63, 3.8) is 0 Å². The lowest BCUT2D eigenvalue weighted by atomic mass is 9.77. The molecule has 0 amide bonds. The normalized spacial score (nSPS) is 18.2. The molecule has 2 rings (SSSR count). The molecule has 2 N–H and O–H groups in total. The van der Waals surface area contributed by atoms with Crippen LogP contribution in [-0.4, -0.2) is 6.61 Å². The van der Waals surface area contributed by atoms with Crippen LogP contribution in [0.25, 0.3) is 0 Å². The van der Waals surface area contributed by atoms with Crippen LogP contribution < -0.4 is 10.5 Å². The van der Waals surface area contributed by atoms with Crippen LogP contribution in [0.15, 0.2) is 24.3 Å². The van der Waals surface area contributed by atoms with Crippen molar-refractivity contribution >= 4 is 0 Å². The minimum Gasteiger partial charge on any atom is -0.434 e. The molecular formula is C12H15F2NO. The molecule has 1 aromatic carbocycles. The van der Waals surface area contributed by atoms with Crippen molar-refractivity contribution in [1.82, 2.24) is 0 Å². The van der Waals surface area contributed by atoms with Crippen LogP contribution in [0.1, 0.15) is 30.9 Å². The lowest BCUT2D eigenvalue weighted by molar-refractivity contribution is -0.0508. The second kappa shape index (κ2) is 4.78. The number of hydrogen-bond acceptors (Lipinski definition) is 2. The van der Waals surface area contributed by atoms with Gasteiger partial charge in [-0.05, 0) is 24.8 Å². The minimum atomic E-state index is -2.80. The second-order valence-corrected chi connectivity index (χ2v) is 4.13. The summed E-state index contributed by atoms with van der Waals surface area (Å²) in [7, 11) is 0. The Morgan fingerprint density at radius 2 is 1.94 bits per heavy atom. The molecule has 1 saturated carbocycles. The lowest BCUT2D eigenvalue weighted by Gasteiger charge is -2.32. The molecule has 0 aromatic heterocycles. The van der Waals surface area contributed by atoms with Crippen LogP contribution >= 0.6 is 0 Å². The number of halogens is 2. The number of alkyl halides is 2. The fourth-order valence-corrected chi connectivity index (χ4v) is 2.01. The number of rotatable bonds is 4. The third-order valence-electron chi connectivity index (χ3n) is 3.15. The van der Waals surface area contributed by atoms with Crippen LogP contribution in [-0.2, 0) is 0 Å². The van der Waals surface area contributed by atoms with E-state index in [1.54, 1.807) is 24.3 Å². The largest absolute Gasteiger partial charge is 0.434 e. The zero-order valence-electron chi connectivity index (χ0n) is 8.90. The van der Waals surface area contributed by atoms with E-state index in [0.717, 1.165) is 12.8 Å². The maximum absolute atomic E-state index is 12.2. The van der Waals surface area contributed by atoms with Gasteiger partial charge in [0.25, 0.3) is 0 Å². The number of ether oxygens (including phenoxy) is 1. The van der Waals surface area contributed by atoms with Crippen LogP contribution in [0.4, 0.5) is 8.78 Å². The van der Waals surface area contributed by atoms with Crippen molar-refractivity contribution in [1.29, 1.82) is 0 Å². The summed E-state index contributed by atoms with van der Waals surface area (Å²) in [6.07, 6.45) is 3.32. The minimum absolute atomic E-state index is 0.191. The predicted octanol–water partition coefficient (Wildman–Crippen LogP) is 3.09. The standard InChI is InChI=1S/C12H15F2NO/c13-12(14)16-10-7-2-1-6-9(10)11(15)8-4-3-5-8/h1-2,6-8,11-12H,3-5,15H2. The highest BCUT2D eigenvalue weighted by atomic mass is 19.3. The van der Waals surface area contributed by atoms with Gasteiger partial charge in [0.1, 0.15) is 5.75 Å². The van der Waals surface area contributed by atoms with Crippen molar-refractivity contribution < 1.29 is 13.5 Å². The van der Waals surface area contributed by atoms with E-state index in [0.29, 0.717) is 11.5 Å². The van der Waals surface area contributed by atoms with Gasteiger partial charge in [0.05, 0.1) is 0 Å². The first-order chi connectivity index (χ1) is 7.68. The SMILES string of the molecule is NC(c1ccccc1OC(F)F)C1CCC1. The van der Waals surface area contributed by atoms with Crippen molar-refractivity contribution in [3.8, 4) is 5.75 Å². The highest BCUT2D eigenvalue weighted by Crippen LogP contribution is 2.39. The summed E-state index contributed by atoms with van der Waals surface area (Å²) >= 11 is 0. The van der Waals surface area contributed by atoms with Gasteiger partial charge in [-0.3, -0.25) is 0 Å². The number of nitrogens with two attached hydrogens (primary N) is 1. The Balaban J connectivity index is 2.17. The molecule has 88 valence electrons. The molecule has 0 aliphatic heterocycles. The van der Waals surface area contributed by atoms with Crippen LogP contribution in [0.2, 0.25) is 0 Å². The maximum atomic E-state index is 12.2. The monoisotopic (exact) mass is 227 g/mol. The van der Waals surface area contributed by atoms with Gasteiger partial charge in [0, 0.05) is 11.6 Å². The highest BCUT2D eigenvalue weighted by Gasteiger charge is 2.27. The Morgan fingerprint density at radius 3 is 2.50 bits per heavy atom. The van der Waals surface area contributed by atoms with E-state index < -0.39 is 6.61 Å². The molecule has 2 nitrogen and oxygen atoms in total. The molecule has 0 heterocycles. The fourth-order valence-electron chi connectivity index (χ4n) is 2.01. The van der Waals surface area contributed by atoms with Crippen LogP contribution in [0.5, 0.6) is 5.75 Å². The van der Waals surface area contributed by atoms with Gasteiger partial charge in [0.15, 0.2) is 0 Å². The van der Waals surface area contributed by atoms with E-state index in [4.69, 9.17) is 5.73 Å². The molecule has 1 fully saturated rings. The zero-order chi connectivity index (χ0) is 11.5. The summed E-state index contributed by atoms with van der Waals surface area (Å²) in [5, 5.41) is 0. The number of hydrogen-bond donors (Lipinski definition) is 1. The molecule has 1 aromatic rings. The van der Waals surface area contributed by atoms with E-state index in [9.17, 15) is 8.78 Å². The van der Waals surface area contributed by atoms with Crippen LogP contribution in [0, 0.1) is 5.92 Å². The first-order valence-electron chi connectivity index (χ1n) is 5.48. The lowest BCUT2D eigenvalue weighted by Crippen LogP contribution is -2.27. The molecule has 0 radical (unpaired) electrons. The fraction of sp³-hybridized carbons (Fsp3) is 0.500. The Bertz CT molecular complexity index is 353. The van der Waals surface area contributed by atoms with E-state index in [1.807, 2.05) is 0 Å². The topological polar surface area (TPSA) is 35.2 Å². The van der Waals surface area contributed by atoms with Crippen molar-refractivity contribution in [2.75, 3.05) is 0 Å². The van der Waals surface area contributed by atoms with E-state index in [-0.39, 0.29) is 11.8 Å². The Hall–Kier alpha value is -1.16.